The normalized spacial score (nSPS) is 28.0. The molecule has 0 bridgehead atoms. The maximum atomic E-state index is 11.9. The Balaban J connectivity index is 2.20. The van der Waals surface area contributed by atoms with Crippen molar-refractivity contribution in [3.05, 3.63) is 0 Å². The molecule has 0 radical (unpaired) electrons. The first-order valence-corrected chi connectivity index (χ1v) is 5.18. The molecule has 0 saturated heterocycles. The van der Waals surface area contributed by atoms with Gasteiger partial charge in [0.15, 0.2) is 0 Å². The van der Waals surface area contributed by atoms with Gasteiger partial charge in [-0.1, -0.05) is 0 Å². The predicted octanol–water partition coefficient (Wildman–Crippen LogP) is 2.57. The summed E-state index contributed by atoms with van der Waals surface area (Å²) in [6, 6.07) is 0.288. The van der Waals surface area contributed by atoms with Gasteiger partial charge in [0.25, 0.3) is 0 Å². The van der Waals surface area contributed by atoms with Gasteiger partial charge < -0.3 is 11.1 Å². The standard InChI is InChI=1S/C10H18F2N2/c11-10(12)6-9(14)5-7-1-3-8(13)4-2-7/h7-8,10,14H,1-6,13H2. The third-order valence-electron chi connectivity index (χ3n) is 2.83. The highest BCUT2D eigenvalue weighted by Gasteiger charge is 2.20. The number of alkyl halides is 2. The lowest BCUT2D eigenvalue weighted by Gasteiger charge is -2.26. The predicted molar refractivity (Wildman–Crippen MR) is 52.9 cm³/mol. The van der Waals surface area contributed by atoms with Crippen LogP contribution in [0.2, 0.25) is 0 Å². The molecule has 0 spiro atoms. The van der Waals surface area contributed by atoms with Crippen molar-refractivity contribution in [2.45, 2.75) is 51.0 Å². The van der Waals surface area contributed by atoms with Crippen LogP contribution in [0.1, 0.15) is 38.5 Å². The first-order chi connectivity index (χ1) is 6.58. The number of hydrogen-bond acceptors (Lipinski definition) is 2. The van der Waals surface area contributed by atoms with E-state index in [-0.39, 0.29) is 18.2 Å². The Bertz CT molecular complexity index is 187. The molecule has 82 valence electrons. The molecule has 0 aromatic heterocycles. The second-order valence-corrected chi connectivity index (χ2v) is 4.18. The van der Waals surface area contributed by atoms with Crippen LogP contribution in [-0.4, -0.2) is 18.2 Å². The third kappa shape index (κ3) is 4.13. The molecule has 0 aromatic rings. The van der Waals surface area contributed by atoms with Crippen molar-refractivity contribution in [1.82, 2.24) is 0 Å². The number of halogens is 2. The van der Waals surface area contributed by atoms with Gasteiger partial charge in [-0.3, -0.25) is 0 Å². The zero-order chi connectivity index (χ0) is 10.6. The number of nitrogens with one attached hydrogen (secondary N) is 1. The highest BCUT2D eigenvalue weighted by atomic mass is 19.3. The van der Waals surface area contributed by atoms with E-state index in [1.54, 1.807) is 0 Å². The van der Waals surface area contributed by atoms with Gasteiger partial charge in [-0.25, -0.2) is 8.78 Å². The van der Waals surface area contributed by atoms with Crippen molar-refractivity contribution in [2.75, 3.05) is 0 Å². The average molecular weight is 204 g/mol. The molecule has 0 unspecified atom stereocenters. The quantitative estimate of drug-likeness (QED) is 0.679. The minimum atomic E-state index is -2.37. The van der Waals surface area contributed by atoms with E-state index in [4.69, 9.17) is 11.1 Å². The molecular weight excluding hydrogens is 186 g/mol. The molecule has 3 N–H and O–H groups in total. The fraction of sp³-hybridized carbons (Fsp3) is 0.900. The highest BCUT2D eigenvalue weighted by Crippen LogP contribution is 2.26. The Kier molecular flexibility index (Phi) is 4.45. The van der Waals surface area contributed by atoms with Gasteiger partial charge in [-0.05, 0) is 38.0 Å². The minimum absolute atomic E-state index is 0.195. The topological polar surface area (TPSA) is 49.9 Å². The SMILES string of the molecule is N=C(CC(F)F)CC1CCC(N)CC1. The van der Waals surface area contributed by atoms with E-state index in [2.05, 4.69) is 0 Å². The Hall–Kier alpha value is -0.510. The molecule has 0 aromatic carbocycles. The van der Waals surface area contributed by atoms with Gasteiger partial charge in [-0.2, -0.15) is 0 Å². The number of hydrogen-bond donors (Lipinski definition) is 2. The zero-order valence-electron chi connectivity index (χ0n) is 8.31. The van der Waals surface area contributed by atoms with Crippen LogP contribution in [0, 0.1) is 11.3 Å². The summed E-state index contributed by atoms with van der Waals surface area (Å²) >= 11 is 0. The van der Waals surface area contributed by atoms with Gasteiger partial charge in [-0.15, -0.1) is 0 Å². The van der Waals surface area contributed by atoms with Crippen LogP contribution in [0.15, 0.2) is 0 Å². The Morgan fingerprint density at radius 3 is 2.36 bits per heavy atom. The summed E-state index contributed by atoms with van der Waals surface area (Å²) in [6.45, 7) is 0. The van der Waals surface area contributed by atoms with Crippen molar-refractivity contribution < 1.29 is 8.78 Å². The summed E-state index contributed by atoms with van der Waals surface area (Å²) in [7, 11) is 0. The Morgan fingerprint density at radius 2 is 1.86 bits per heavy atom. The lowest BCUT2D eigenvalue weighted by atomic mass is 9.83. The van der Waals surface area contributed by atoms with Crippen LogP contribution in [0.25, 0.3) is 0 Å². The second kappa shape index (κ2) is 5.39. The summed E-state index contributed by atoms with van der Waals surface area (Å²) in [5.41, 5.74) is 5.93. The average Bonchev–Trinajstić information content (AvgIpc) is 2.07. The van der Waals surface area contributed by atoms with Crippen LogP contribution in [0.5, 0.6) is 0 Å². The first-order valence-electron chi connectivity index (χ1n) is 5.18. The van der Waals surface area contributed by atoms with E-state index in [1.165, 1.54) is 0 Å². The fourth-order valence-electron chi connectivity index (χ4n) is 2.01. The Labute approximate surface area is 83.4 Å². The molecule has 0 atom stereocenters. The van der Waals surface area contributed by atoms with Crippen molar-refractivity contribution in [3.8, 4) is 0 Å². The first kappa shape index (κ1) is 11.6. The molecule has 1 aliphatic carbocycles. The van der Waals surface area contributed by atoms with Gasteiger partial charge in [0.1, 0.15) is 0 Å². The summed E-state index contributed by atoms with van der Waals surface area (Å²) in [6.07, 6.45) is 1.76. The van der Waals surface area contributed by atoms with Gasteiger partial charge in [0.2, 0.25) is 6.43 Å². The van der Waals surface area contributed by atoms with Crippen LogP contribution in [0.4, 0.5) is 8.78 Å². The molecule has 1 fully saturated rings. The molecule has 1 rings (SSSR count). The maximum absolute atomic E-state index is 11.9. The molecule has 14 heavy (non-hydrogen) atoms. The van der Waals surface area contributed by atoms with E-state index in [0.717, 1.165) is 25.7 Å². The lowest BCUT2D eigenvalue weighted by Crippen LogP contribution is -2.27. The van der Waals surface area contributed by atoms with E-state index in [1.807, 2.05) is 0 Å². The van der Waals surface area contributed by atoms with Gasteiger partial charge in [0.05, 0.1) is 0 Å². The van der Waals surface area contributed by atoms with Crippen LogP contribution < -0.4 is 5.73 Å². The van der Waals surface area contributed by atoms with Crippen molar-refractivity contribution in [3.63, 3.8) is 0 Å². The van der Waals surface area contributed by atoms with E-state index in [0.29, 0.717) is 12.3 Å². The van der Waals surface area contributed by atoms with E-state index < -0.39 is 6.43 Å². The molecule has 0 amide bonds. The summed E-state index contributed by atoms with van der Waals surface area (Å²) in [5, 5.41) is 7.39. The molecule has 2 nitrogen and oxygen atoms in total. The third-order valence-corrected chi connectivity index (χ3v) is 2.83. The molecule has 0 heterocycles. The zero-order valence-corrected chi connectivity index (χ0v) is 8.31. The summed E-state index contributed by atoms with van der Waals surface area (Å²) < 4.78 is 23.9. The van der Waals surface area contributed by atoms with Crippen molar-refractivity contribution >= 4 is 5.71 Å². The number of rotatable bonds is 4. The van der Waals surface area contributed by atoms with Crippen LogP contribution >= 0.6 is 0 Å². The molecule has 0 aliphatic heterocycles. The molecular formula is C10H18F2N2. The van der Waals surface area contributed by atoms with Crippen molar-refractivity contribution in [2.24, 2.45) is 11.7 Å². The molecule has 4 heteroatoms. The van der Waals surface area contributed by atoms with Crippen LogP contribution in [-0.2, 0) is 0 Å². The van der Waals surface area contributed by atoms with Crippen LogP contribution in [0.3, 0.4) is 0 Å². The Morgan fingerprint density at radius 1 is 1.29 bits per heavy atom. The second-order valence-electron chi connectivity index (χ2n) is 4.18. The lowest BCUT2D eigenvalue weighted by molar-refractivity contribution is 0.156. The highest BCUT2D eigenvalue weighted by molar-refractivity contribution is 5.81. The molecule has 1 aliphatic rings. The number of nitrogens with two attached hydrogens (primary N) is 1. The largest absolute Gasteiger partial charge is 0.328 e. The van der Waals surface area contributed by atoms with Gasteiger partial charge >= 0.3 is 0 Å². The maximum Gasteiger partial charge on any atom is 0.243 e. The van der Waals surface area contributed by atoms with E-state index >= 15 is 0 Å². The van der Waals surface area contributed by atoms with Gasteiger partial charge in [0, 0.05) is 18.2 Å². The molecule has 1 saturated carbocycles. The minimum Gasteiger partial charge on any atom is -0.328 e. The van der Waals surface area contributed by atoms with E-state index in [9.17, 15) is 8.78 Å². The monoisotopic (exact) mass is 204 g/mol. The smallest absolute Gasteiger partial charge is 0.243 e. The summed E-state index contributed by atoms with van der Waals surface area (Å²) in [4.78, 5) is 0. The summed E-state index contributed by atoms with van der Waals surface area (Å²) in [5.74, 6) is 0.418. The van der Waals surface area contributed by atoms with Crippen molar-refractivity contribution in [1.29, 1.82) is 5.41 Å². The fourth-order valence-corrected chi connectivity index (χ4v) is 2.01.